The molecule has 5 heteroatoms. The van der Waals surface area contributed by atoms with Gasteiger partial charge < -0.3 is 10.2 Å². The van der Waals surface area contributed by atoms with Crippen LogP contribution in [0.15, 0.2) is 22.7 Å². The third kappa shape index (κ3) is 3.25. The summed E-state index contributed by atoms with van der Waals surface area (Å²) in [6, 6.07) is 6.24. The van der Waals surface area contributed by atoms with Crippen LogP contribution in [0.2, 0.25) is 0 Å². The van der Waals surface area contributed by atoms with Crippen LogP contribution < -0.4 is 5.32 Å². The lowest BCUT2D eigenvalue weighted by atomic mass is 10.1. The highest BCUT2D eigenvalue weighted by atomic mass is 79.9. The maximum Gasteiger partial charge on any atom is 0.254 e. The van der Waals surface area contributed by atoms with E-state index in [2.05, 4.69) is 21.2 Å². The third-order valence-corrected chi connectivity index (χ3v) is 3.80. The van der Waals surface area contributed by atoms with Crippen LogP contribution in [0, 0.1) is 6.92 Å². The molecular formula is C13H18BrClN2O. The Labute approximate surface area is 122 Å². The Morgan fingerprint density at radius 1 is 1.50 bits per heavy atom. The number of likely N-dealkylation sites (tertiary alicyclic amines) is 1. The lowest BCUT2D eigenvalue weighted by molar-refractivity contribution is 0.0789. The number of nitrogens with one attached hydrogen (secondary N) is 1. The van der Waals surface area contributed by atoms with E-state index in [4.69, 9.17) is 0 Å². The quantitative estimate of drug-likeness (QED) is 0.902. The Bertz CT molecular complexity index is 439. The predicted octanol–water partition coefficient (Wildman–Crippen LogP) is 2.61. The van der Waals surface area contributed by atoms with E-state index >= 15 is 0 Å². The van der Waals surface area contributed by atoms with Gasteiger partial charge in [0.1, 0.15) is 0 Å². The van der Waals surface area contributed by atoms with Gasteiger partial charge in [0.05, 0.1) is 0 Å². The summed E-state index contributed by atoms with van der Waals surface area (Å²) in [5, 5.41) is 3.22. The molecule has 100 valence electrons. The van der Waals surface area contributed by atoms with Crippen molar-refractivity contribution in [1.82, 2.24) is 10.2 Å². The number of amides is 1. The van der Waals surface area contributed by atoms with Crippen LogP contribution in [0.25, 0.3) is 0 Å². The molecule has 1 N–H and O–H groups in total. The van der Waals surface area contributed by atoms with Crippen LogP contribution in [0.3, 0.4) is 0 Å². The van der Waals surface area contributed by atoms with Crippen LogP contribution in [0.4, 0.5) is 0 Å². The zero-order valence-electron chi connectivity index (χ0n) is 10.6. The lowest BCUT2D eigenvalue weighted by Gasteiger charge is -2.17. The monoisotopic (exact) mass is 332 g/mol. The Hall–Kier alpha value is -0.580. The molecule has 0 radical (unpaired) electrons. The molecular weight excluding hydrogens is 316 g/mol. The van der Waals surface area contributed by atoms with E-state index < -0.39 is 0 Å². The molecule has 1 fully saturated rings. The smallest absolute Gasteiger partial charge is 0.254 e. The molecule has 1 atom stereocenters. The summed E-state index contributed by atoms with van der Waals surface area (Å²) >= 11 is 3.41. The Balaban J connectivity index is 0.00000162. The molecule has 1 unspecified atom stereocenters. The van der Waals surface area contributed by atoms with Gasteiger partial charge in [0, 0.05) is 29.2 Å². The fourth-order valence-electron chi connectivity index (χ4n) is 2.22. The van der Waals surface area contributed by atoms with E-state index in [1.165, 1.54) is 0 Å². The fraction of sp³-hybridized carbons (Fsp3) is 0.462. The number of aryl methyl sites for hydroxylation is 1. The first-order valence-electron chi connectivity index (χ1n) is 5.84. The number of hydrogen-bond acceptors (Lipinski definition) is 2. The molecule has 1 aromatic rings. The summed E-state index contributed by atoms with van der Waals surface area (Å²) < 4.78 is 1.01. The molecule has 0 aromatic heterocycles. The summed E-state index contributed by atoms with van der Waals surface area (Å²) in [5.74, 6) is 0.146. The van der Waals surface area contributed by atoms with Crippen molar-refractivity contribution in [2.45, 2.75) is 19.4 Å². The minimum atomic E-state index is 0. The van der Waals surface area contributed by atoms with Crippen LogP contribution >= 0.6 is 28.3 Å². The van der Waals surface area contributed by atoms with Crippen LogP contribution in [0.5, 0.6) is 0 Å². The van der Waals surface area contributed by atoms with Crippen molar-refractivity contribution in [3.05, 3.63) is 33.8 Å². The van der Waals surface area contributed by atoms with E-state index in [9.17, 15) is 4.79 Å². The second kappa shape index (κ2) is 6.55. The highest BCUT2D eigenvalue weighted by molar-refractivity contribution is 9.10. The molecule has 1 heterocycles. The van der Waals surface area contributed by atoms with Gasteiger partial charge in [0.25, 0.3) is 5.91 Å². The molecule has 1 aliphatic rings. The average Bonchev–Trinajstić information content (AvgIpc) is 2.76. The second-order valence-corrected chi connectivity index (χ2v) is 5.40. The van der Waals surface area contributed by atoms with Gasteiger partial charge in [-0.3, -0.25) is 4.79 Å². The van der Waals surface area contributed by atoms with Crippen LogP contribution in [-0.4, -0.2) is 37.0 Å². The molecule has 0 spiro atoms. The van der Waals surface area contributed by atoms with E-state index in [0.29, 0.717) is 6.04 Å². The maximum absolute atomic E-state index is 12.3. The molecule has 18 heavy (non-hydrogen) atoms. The van der Waals surface area contributed by atoms with Crippen LogP contribution in [-0.2, 0) is 0 Å². The number of likely N-dealkylation sites (N-methyl/N-ethyl adjacent to an activating group) is 1. The first-order chi connectivity index (χ1) is 8.11. The van der Waals surface area contributed by atoms with Gasteiger partial charge in [-0.2, -0.15) is 0 Å². The summed E-state index contributed by atoms with van der Waals surface area (Å²) in [4.78, 5) is 14.3. The van der Waals surface area contributed by atoms with E-state index in [1.54, 1.807) is 0 Å². The number of rotatable bonds is 2. The molecule has 1 amide bonds. The zero-order chi connectivity index (χ0) is 12.4. The Morgan fingerprint density at radius 3 is 2.78 bits per heavy atom. The number of halogens is 2. The molecule has 0 saturated carbocycles. The highest BCUT2D eigenvalue weighted by Gasteiger charge is 2.26. The van der Waals surface area contributed by atoms with Crippen molar-refractivity contribution >= 4 is 34.2 Å². The van der Waals surface area contributed by atoms with Crippen molar-refractivity contribution < 1.29 is 4.79 Å². The lowest BCUT2D eigenvalue weighted by Crippen LogP contribution is -2.33. The van der Waals surface area contributed by atoms with Gasteiger partial charge in [-0.1, -0.05) is 15.9 Å². The molecule has 1 aromatic carbocycles. The standard InChI is InChI=1S/C13H17BrN2O.ClH/c1-9-7-10(14)3-4-12(9)13(17)16-6-5-11(8-16)15-2;/h3-4,7,11,15H,5-6,8H2,1-2H3;1H. The first-order valence-corrected chi connectivity index (χ1v) is 6.64. The van der Waals surface area contributed by atoms with Gasteiger partial charge in [0.2, 0.25) is 0 Å². The fourth-order valence-corrected chi connectivity index (χ4v) is 2.69. The maximum atomic E-state index is 12.3. The second-order valence-electron chi connectivity index (χ2n) is 4.48. The topological polar surface area (TPSA) is 32.3 Å². The molecule has 1 aliphatic heterocycles. The SMILES string of the molecule is CNC1CCN(C(=O)c2ccc(Br)cc2C)C1.Cl. The molecule has 3 nitrogen and oxygen atoms in total. The largest absolute Gasteiger partial charge is 0.337 e. The first kappa shape index (κ1) is 15.5. The van der Waals surface area contributed by atoms with Gasteiger partial charge >= 0.3 is 0 Å². The summed E-state index contributed by atoms with van der Waals surface area (Å²) in [5.41, 5.74) is 1.84. The van der Waals surface area contributed by atoms with Crippen molar-refractivity contribution in [2.24, 2.45) is 0 Å². The van der Waals surface area contributed by atoms with E-state index in [-0.39, 0.29) is 18.3 Å². The van der Waals surface area contributed by atoms with Crippen molar-refractivity contribution in [1.29, 1.82) is 0 Å². The van der Waals surface area contributed by atoms with Gasteiger partial charge in [0.15, 0.2) is 0 Å². The average molecular weight is 334 g/mol. The zero-order valence-corrected chi connectivity index (χ0v) is 13.0. The number of hydrogen-bond donors (Lipinski definition) is 1. The van der Waals surface area contributed by atoms with Crippen molar-refractivity contribution in [3.63, 3.8) is 0 Å². The van der Waals surface area contributed by atoms with Gasteiger partial charge in [-0.05, 0) is 44.2 Å². The van der Waals surface area contributed by atoms with Crippen molar-refractivity contribution in [3.8, 4) is 0 Å². The number of carbonyl (C=O) groups is 1. The van der Waals surface area contributed by atoms with Gasteiger partial charge in [-0.25, -0.2) is 0 Å². The minimum Gasteiger partial charge on any atom is -0.337 e. The summed E-state index contributed by atoms with van der Waals surface area (Å²) in [6.07, 6.45) is 1.04. The number of nitrogens with zero attached hydrogens (tertiary/aromatic N) is 1. The van der Waals surface area contributed by atoms with E-state index in [1.807, 2.05) is 37.1 Å². The summed E-state index contributed by atoms with van der Waals surface area (Å²) in [7, 11) is 1.95. The van der Waals surface area contributed by atoms with E-state index in [0.717, 1.165) is 35.1 Å². The third-order valence-electron chi connectivity index (χ3n) is 3.30. The Morgan fingerprint density at radius 2 is 2.22 bits per heavy atom. The Kier molecular flexibility index (Phi) is 5.63. The minimum absolute atomic E-state index is 0. The normalized spacial score (nSPS) is 18.6. The number of carbonyl (C=O) groups excluding carboxylic acids is 1. The summed E-state index contributed by atoms with van der Waals surface area (Å²) in [6.45, 7) is 3.63. The molecule has 0 bridgehead atoms. The van der Waals surface area contributed by atoms with Crippen molar-refractivity contribution in [2.75, 3.05) is 20.1 Å². The molecule has 1 saturated heterocycles. The molecule has 2 rings (SSSR count). The predicted molar refractivity (Wildman–Crippen MR) is 79.5 cm³/mol. The van der Waals surface area contributed by atoms with Gasteiger partial charge in [-0.15, -0.1) is 12.4 Å². The highest BCUT2D eigenvalue weighted by Crippen LogP contribution is 2.19. The number of benzene rings is 1. The van der Waals surface area contributed by atoms with Crippen LogP contribution in [0.1, 0.15) is 22.3 Å². The molecule has 0 aliphatic carbocycles.